The van der Waals surface area contributed by atoms with Crippen LogP contribution in [0.15, 0.2) is 46.2 Å². The number of hydrogen-bond acceptors (Lipinski definition) is 10. The molecule has 4 aliphatic rings. The molecule has 2 saturated heterocycles. The summed E-state index contributed by atoms with van der Waals surface area (Å²) >= 11 is 0. The van der Waals surface area contributed by atoms with Gasteiger partial charge in [0.1, 0.15) is 46.0 Å². The van der Waals surface area contributed by atoms with Crippen LogP contribution in [0.1, 0.15) is 91.1 Å². The summed E-state index contributed by atoms with van der Waals surface area (Å²) in [6, 6.07) is 1.03. The van der Waals surface area contributed by atoms with E-state index in [0.29, 0.717) is 63.3 Å². The van der Waals surface area contributed by atoms with Crippen LogP contribution in [0.5, 0.6) is 11.5 Å². The van der Waals surface area contributed by atoms with E-state index in [1.165, 1.54) is 26.0 Å². The van der Waals surface area contributed by atoms with Crippen LogP contribution < -0.4 is 21.5 Å². The lowest BCUT2D eigenvalue weighted by molar-refractivity contribution is -0.0350. The van der Waals surface area contributed by atoms with Crippen LogP contribution in [0.2, 0.25) is 0 Å². The van der Waals surface area contributed by atoms with E-state index in [-0.39, 0.29) is 11.4 Å². The minimum absolute atomic E-state index is 0.234. The quantitative estimate of drug-likeness (QED) is 0.190. The summed E-state index contributed by atoms with van der Waals surface area (Å²) in [5, 5.41) is 25.2. The number of nitrogens with one attached hydrogen (secondary N) is 2. The lowest BCUT2D eigenvalue weighted by Gasteiger charge is -2.39. The first-order chi connectivity index (χ1) is 29.4. The number of aromatic nitrogens is 2. The van der Waals surface area contributed by atoms with Crippen LogP contribution in [0, 0.1) is 34.9 Å². The number of pyridine rings is 2. The molecule has 0 spiro atoms. The molecule has 16 nitrogen and oxygen atoms in total. The molecule has 62 heavy (non-hydrogen) atoms. The lowest BCUT2D eigenvalue weighted by Crippen LogP contribution is -2.50. The molecule has 4 aromatic rings. The summed E-state index contributed by atoms with van der Waals surface area (Å²) in [4.78, 5) is 78.5. The van der Waals surface area contributed by atoms with Gasteiger partial charge in [0.15, 0.2) is 35.3 Å². The standard InChI is InChI=1S/C21H20F3N3O5.C19H16F3N3O5/c1-2-4-26-20(31)16-18(29)17(28)12(9-27(16)15-3-5-32-21(15)26)19(30)25-8-11-13(23)6-10(22)7-14(11)24;1-24-18(29)14-16(27)15(26)10(7-25(14)13-2-3-30-19(13)24)17(28)23-6-9-11(21)4-8(20)5-12(9)22/h6-7,9,15,21,29H,2-5,8H2,1H3,(H,25,30);4-5,7,13,19,27H,2-3,6H2,1H3,(H,23,28)/t15-,21+;13-,19+/m11/s1. The van der Waals surface area contributed by atoms with Gasteiger partial charge in [-0.15, -0.1) is 0 Å². The lowest BCUT2D eigenvalue weighted by atomic mass is 10.0. The second-order valence-electron chi connectivity index (χ2n) is 14.7. The fourth-order valence-electron chi connectivity index (χ4n) is 7.87. The van der Waals surface area contributed by atoms with Crippen LogP contribution >= 0.6 is 0 Å². The number of fused-ring (bicyclic) bond motifs is 6. The maximum Gasteiger partial charge on any atom is 0.276 e. The third-order valence-electron chi connectivity index (χ3n) is 10.9. The highest BCUT2D eigenvalue weighted by Gasteiger charge is 2.46. The molecule has 2 aromatic carbocycles. The van der Waals surface area contributed by atoms with Gasteiger partial charge in [0, 0.05) is 74.5 Å². The normalized spacial score (nSPS) is 19.9. The highest BCUT2D eigenvalue weighted by atomic mass is 19.2. The summed E-state index contributed by atoms with van der Waals surface area (Å²) in [6.45, 7) is 1.61. The summed E-state index contributed by atoms with van der Waals surface area (Å²) in [6.07, 6.45) is 2.66. The van der Waals surface area contributed by atoms with Crippen molar-refractivity contribution < 1.29 is 65.2 Å². The Kier molecular flexibility index (Phi) is 11.9. The molecular formula is C40H36F6N6O10. The van der Waals surface area contributed by atoms with Gasteiger partial charge in [-0.25, -0.2) is 26.3 Å². The van der Waals surface area contributed by atoms with E-state index in [1.807, 2.05) is 6.92 Å². The molecule has 328 valence electrons. The summed E-state index contributed by atoms with van der Waals surface area (Å²) < 4.78 is 95.1. The zero-order valence-corrected chi connectivity index (χ0v) is 32.6. The highest BCUT2D eigenvalue weighted by Crippen LogP contribution is 2.38. The molecule has 22 heteroatoms. The van der Waals surface area contributed by atoms with E-state index in [9.17, 15) is 65.3 Å². The van der Waals surface area contributed by atoms with Gasteiger partial charge in [0.05, 0.1) is 25.3 Å². The predicted molar refractivity (Wildman–Crippen MR) is 200 cm³/mol. The summed E-state index contributed by atoms with van der Waals surface area (Å²) in [5.41, 5.74) is -4.87. The second-order valence-corrected chi connectivity index (χ2v) is 14.7. The molecule has 2 fully saturated rings. The van der Waals surface area contributed by atoms with Crippen molar-refractivity contribution in [2.45, 2.75) is 63.8 Å². The average Bonchev–Trinajstić information content (AvgIpc) is 3.91. The molecule has 4 N–H and O–H groups in total. The Balaban J connectivity index is 0.000000187. The monoisotopic (exact) mass is 874 g/mol. The number of likely N-dealkylation sites (N-methyl/N-ethyl adjacent to an activating group) is 1. The molecule has 0 bridgehead atoms. The molecule has 0 unspecified atom stereocenters. The Morgan fingerprint density at radius 3 is 1.52 bits per heavy atom. The van der Waals surface area contributed by atoms with E-state index in [4.69, 9.17) is 9.47 Å². The maximum atomic E-state index is 13.8. The van der Waals surface area contributed by atoms with E-state index in [2.05, 4.69) is 10.6 Å². The Morgan fingerprint density at radius 1 is 0.677 bits per heavy atom. The molecule has 0 aliphatic carbocycles. The molecule has 0 radical (unpaired) electrons. The van der Waals surface area contributed by atoms with Gasteiger partial charge < -0.3 is 49.3 Å². The van der Waals surface area contributed by atoms with Crippen molar-refractivity contribution in [2.75, 3.05) is 26.8 Å². The van der Waals surface area contributed by atoms with Crippen LogP contribution in [0.3, 0.4) is 0 Å². The Labute approximate surface area is 345 Å². The number of ether oxygens (including phenoxy) is 2. The van der Waals surface area contributed by atoms with Gasteiger partial charge >= 0.3 is 0 Å². The van der Waals surface area contributed by atoms with Gasteiger partial charge in [0.2, 0.25) is 10.9 Å². The fraction of sp³-hybridized carbons (Fsp3) is 0.350. The van der Waals surface area contributed by atoms with Crippen LogP contribution in [-0.4, -0.2) is 92.0 Å². The number of halogens is 6. The van der Waals surface area contributed by atoms with Gasteiger partial charge in [-0.05, 0) is 19.3 Å². The zero-order chi connectivity index (χ0) is 44.9. The molecule has 6 heterocycles. The number of amides is 4. The smallest absolute Gasteiger partial charge is 0.276 e. The Bertz CT molecular complexity index is 2610. The minimum atomic E-state index is -1.20. The fourth-order valence-corrected chi connectivity index (χ4v) is 7.87. The first kappa shape index (κ1) is 43.4. The second kappa shape index (κ2) is 17.0. The number of rotatable bonds is 8. The Hall–Kier alpha value is -6.68. The predicted octanol–water partition coefficient (Wildman–Crippen LogP) is 3.33. The van der Waals surface area contributed by atoms with Crippen molar-refractivity contribution in [2.24, 2.45) is 0 Å². The molecule has 2 aromatic heterocycles. The maximum absolute atomic E-state index is 13.8. The number of aromatic hydroxyl groups is 2. The third kappa shape index (κ3) is 7.63. The van der Waals surface area contributed by atoms with E-state index in [0.717, 1.165) is 12.4 Å². The molecule has 4 aliphatic heterocycles. The SMILES string of the molecule is CCCN1C(=O)c2c(O)c(=O)c(C(=O)NCc3c(F)cc(F)cc3F)cn2[C@@H]2CCO[C@@H]21.CN1C(=O)c2c(O)c(=O)c(C(=O)NCc3c(F)cc(F)cc3F)cn2[C@@H]2CCO[C@@H]21. The van der Waals surface area contributed by atoms with Crippen molar-refractivity contribution in [1.82, 2.24) is 29.6 Å². The van der Waals surface area contributed by atoms with Crippen LogP contribution in [-0.2, 0) is 22.6 Å². The average molecular weight is 875 g/mol. The van der Waals surface area contributed by atoms with Gasteiger partial charge in [-0.2, -0.15) is 0 Å². The van der Waals surface area contributed by atoms with Crippen LogP contribution in [0.25, 0.3) is 0 Å². The third-order valence-corrected chi connectivity index (χ3v) is 10.9. The van der Waals surface area contributed by atoms with Crippen molar-refractivity contribution in [3.63, 3.8) is 0 Å². The molecule has 0 saturated carbocycles. The Morgan fingerprint density at radius 2 is 1.08 bits per heavy atom. The molecule has 4 atom stereocenters. The number of hydrogen-bond donors (Lipinski definition) is 4. The van der Waals surface area contributed by atoms with E-state index < -0.39 is 141 Å². The summed E-state index contributed by atoms with van der Waals surface area (Å²) in [5.74, 6) is -12.0. The van der Waals surface area contributed by atoms with E-state index >= 15 is 0 Å². The van der Waals surface area contributed by atoms with Crippen molar-refractivity contribution in [3.8, 4) is 11.5 Å². The van der Waals surface area contributed by atoms with Crippen LogP contribution in [0.4, 0.5) is 26.3 Å². The first-order valence-corrected chi connectivity index (χ1v) is 19.1. The van der Waals surface area contributed by atoms with Crippen molar-refractivity contribution in [1.29, 1.82) is 0 Å². The van der Waals surface area contributed by atoms with Gasteiger partial charge in [-0.3, -0.25) is 28.8 Å². The molecule has 4 amide bonds. The number of carbonyl (C=O) groups excluding carboxylic acids is 4. The number of benzene rings is 2. The number of nitrogens with zero attached hydrogens (tertiary/aromatic N) is 4. The van der Waals surface area contributed by atoms with Crippen molar-refractivity contribution >= 4 is 23.6 Å². The van der Waals surface area contributed by atoms with Gasteiger partial charge in [-0.1, -0.05) is 6.92 Å². The number of carbonyl (C=O) groups is 4. The van der Waals surface area contributed by atoms with Gasteiger partial charge in [0.25, 0.3) is 23.6 Å². The molecular weight excluding hydrogens is 838 g/mol. The minimum Gasteiger partial charge on any atom is -0.503 e. The highest BCUT2D eigenvalue weighted by molar-refractivity contribution is 6.00. The largest absolute Gasteiger partial charge is 0.503 e. The van der Waals surface area contributed by atoms with Crippen molar-refractivity contribution in [3.05, 3.63) is 126 Å². The topological polar surface area (TPSA) is 202 Å². The first-order valence-electron chi connectivity index (χ1n) is 19.1. The molecule has 8 rings (SSSR count). The summed E-state index contributed by atoms with van der Waals surface area (Å²) in [7, 11) is 1.48. The van der Waals surface area contributed by atoms with E-state index in [1.54, 1.807) is 0 Å². The zero-order valence-electron chi connectivity index (χ0n) is 32.6.